The van der Waals surface area contributed by atoms with Crippen LogP contribution in [0.4, 0.5) is 0 Å². The highest BCUT2D eigenvalue weighted by Gasteiger charge is 2.50. The van der Waals surface area contributed by atoms with Gasteiger partial charge in [-0.3, -0.25) is 24.7 Å². The molecule has 0 N–H and O–H groups in total. The van der Waals surface area contributed by atoms with Crippen LogP contribution in [0.15, 0.2) is 55.4 Å². The quantitative estimate of drug-likeness (QED) is 0.291. The van der Waals surface area contributed by atoms with E-state index in [9.17, 15) is 4.79 Å². The summed E-state index contributed by atoms with van der Waals surface area (Å²) in [5.41, 5.74) is 4.17. The van der Waals surface area contributed by atoms with Crippen LogP contribution in [0.25, 0.3) is 0 Å². The predicted octanol–water partition coefficient (Wildman–Crippen LogP) is 5.88. The Morgan fingerprint density at radius 2 is 1.44 bits per heavy atom. The number of carbonyl (C=O) groups excluding carboxylic acids is 1. The lowest BCUT2D eigenvalue weighted by Crippen LogP contribution is -2.45. The average molecular weight is 537 g/mol. The third-order valence-electron chi connectivity index (χ3n) is 6.87. The van der Waals surface area contributed by atoms with Crippen molar-refractivity contribution in [1.82, 2.24) is 19.9 Å². The van der Waals surface area contributed by atoms with E-state index in [1.807, 2.05) is 12.4 Å². The highest BCUT2D eigenvalue weighted by molar-refractivity contribution is 7.69. The second-order valence-corrected chi connectivity index (χ2v) is 22.3. The first-order valence-electron chi connectivity index (χ1n) is 12.5. The van der Waals surface area contributed by atoms with E-state index in [2.05, 4.69) is 84.7 Å². The smallest absolute Gasteiger partial charge is 0.134 e. The highest BCUT2D eigenvalue weighted by atomic mass is 31.1. The van der Waals surface area contributed by atoms with Crippen molar-refractivity contribution < 1.29 is 4.79 Å². The summed E-state index contributed by atoms with van der Waals surface area (Å²) in [6, 6.07) is 8.14. The Morgan fingerprint density at radius 1 is 0.917 bits per heavy atom. The number of hydrogen-bond acceptors (Lipinski definition) is 5. The summed E-state index contributed by atoms with van der Waals surface area (Å²) >= 11 is 0. The molecule has 0 amide bonds. The molecule has 0 spiro atoms. The maximum atomic E-state index is 12.8. The molecule has 0 bridgehead atoms. The minimum Gasteiger partial charge on any atom is -0.300 e. The van der Waals surface area contributed by atoms with E-state index in [0.29, 0.717) is 18.6 Å². The lowest BCUT2D eigenvalue weighted by atomic mass is 9.90. The van der Waals surface area contributed by atoms with Crippen LogP contribution in [-0.4, -0.2) is 44.1 Å². The van der Waals surface area contributed by atoms with Crippen LogP contribution in [0, 0.1) is 0 Å². The molecule has 0 radical (unpaired) electrons. The Bertz CT molecular complexity index is 1180. The SMILES string of the molecule is CC1(C)CC(=O)CC(C)(C)P1c1ccc(C[Si](C)(C)C)cc1C(P)(c1cnccn1)c1cnccn1. The number of benzene rings is 1. The Kier molecular flexibility index (Phi) is 7.38. The summed E-state index contributed by atoms with van der Waals surface area (Å²) in [5.74, 6) is 0.362. The summed E-state index contributed by atoms with van der Waals surface area (Å²) in [6.45, 7) is 16.3. The topological polar surface area (TPSA) is 68.6 Å². The number of aromatic nitrogens is 4. The maximum Gasteiger partial charge on any atom is 0.134 e. The second-order valence-electron chi connectivity index (χ2n) is 12.4. The molecule has 36 heavy (non-hydrogen) atoms. The van der Waals surface area contributed by atoms with Crippen molar-refractivity contribution in [3.05, 3.63) is 77.9 Å². The van der Waals surface area contributed by atoms with Crippen LogP contribution in [0.5, 0.6) is 0 Å². The van der Waals surface area contributed by atoms with Gasteiger partial charge in [0.2, 0.25) is 0 Å². The molecular formula is C28H38N4OP2Si. The molecule has 8 heteroatoms. The van der Waals surface area contributed by atoms with Crippen LogP contribution < -0.4 is 5.30 Å². The lowest BCUT2D eigenvalue weighted by molar-refractivity contribution is -0.120. The zero-order valence-electron chi connectivity index (χ0n) is 22.5. The molecule has 1 aromatic carbocycles. The zero-order valence-corrected chi connectivity index (χ0v) is 25.6. The Balaban J connectivity index is 2.05. The van der Waals surface area contributed by atoms with Crippen molar-refractivity contribution in [1.29, 1.82) is 0 Å². The van der Waals surface area contributed by atoms with Crippen LogP contribution in [0.2, 0.25) is 19.6 Å². The fourth-order valence-electron chi connectivity index (χ4n) is 5.89. The first-order valence-corrected chi connectivity index (χ1v) is 18.1. The third-order valence-corrected chi connectivity index (χ3v) is 12.8. The second kappa shape index (κ2) is 9.78. The summed E-state index contributed by atoms with van der Waals surface area (Å²) in [4.78, 5) is 31.2. The van der Waals surface area contributed by atoms with Gasteiger partial charge in [-0.05, 0) is 27.2 Å². The van der Waals surface area contributed by atoms with Crippen molar-refractivity contribution in [3.8, 4) is 0 Å². The summed E-state index contributed by atoms with van der Waals surface area (Å²) in [7, 11) is 1.01. The molecule has 2 aromatic heterocycles. The van der Waals surface area contributed by atoms with E-state index >= 15 is 0 Å². The zero-order chi connectivity index (χ0) is 26.4. The van der Waals surface area contributed by atoms with Crippen molar-refractivity contribution in [3.63, 3.8) is 0 Å². The van der Waals surface area contributed by atoms with Gasteiger partial charge in [-0.2, -0.15) is 0 Å². The monoisotopic (exact) mass is 536 g/mol. The van der Waals surface area contributed by atoms with E-state index in [4.69, 9.17) is 9.97 Å². The fourth-order valence-corrected chi connectivity index (χ4v) is 12.3. The molecule has 1 unspecified atom stereocenters. The first kappa shape index (κ1) is 27.2. The average Bonchev–Trinajstić information content (AvgIpc) is 2.77. The molecule has 4 rings (SSSR count). The van der Waals surface area contributed by atoms with Crippen molar-refractivity contribution >= 4 is 36.3 Å². The van der Waals surface area contributed by atoms with Gasteiger partial charge in [0.25, 0.3) is 0 Å². The van der Waals surface area contributed by atoms with Crippen LogP contribution >= 0.6 is 17.2 Å². The molecule has 1 atom stereocenters. The molecule has 190 valence electrons. The number of hydrogen-bond donors (Lipinski definition) is 0. The first-order chi connectivity index (χ1) is 16.7. The van der Waals surface area contributed by atoms with Gasteiger partial charge in [0.05, 0.1) is 28.9 Å². The molecule has 3 heterocycles. The van der Waals surface area contributed by atoms with E-state index in [0.717, 1.165) is 17.4 Å². The van der Waals surface area contributed by atoms with Crippen LogP contribution in [0.1, 0.15) is 63.1 Å². The Hall–Kier alpha value is -1.87. The molecule has 1 aliphatic rings. The number of rotatable bonds is 6. The van der Waals surface area contributed by atoms with Gasteiger partial charge in [-0.1, -0.05) is 79.0 Å². The molecule has 1 fully saturated rings. The van der Waals surface area contributed by atoms with E-state index in [-0.39, 0.29) is 10.3 Å². The third kappa shape index (κ3) is 5.37. The fraction of sp³-hybridized carbons (Fsp3) is 0.464. The van der Waals surface area contributed by atoms with Gasteiger partial charge in [-0.25, -0.2) is 0 Å². The summed E-state index contributed by atoms with van der Waals surface area (Å²) in [5, 5.41) is 0.348. The van der Waals surface area contributed by atoms with Crippen LogP contribution in [0.3, 0.4) is 0 Å². The largest absolute Gasteiger partial charge is 0.300 e. The van der Waals surface area contributed by atoms with Gasteiger partial charge >= 0.3 is 0 Å². The Labute approximate surface area is 220 Å². The highest BCUT2D eigenvalue weighted by Crippen LogP contribution is 2.65. The van der Waals surface area contributed by atoms with E-state index in [1.54, 1.807) is 24.8 Å². The van der Waals surface area contributed by atoms with E-state index in [1.165, 1.54) is 16.4 Å². The van der Waals surface area contributed by atoms with E-state index < -0.39 is 21.2 Å². The molecule has 1 aliphatic heterocycles. The Morgan fingerprint density at radius 3 is 1.89 bits per heavy atom. The summed E-state index contributed by atoms with van der Waals surface area (Å²) in [6.07, 6.45) is 11.8. The molecule has 3 aromatic rings. The number of carbonyl (C=O) groups is 1. The molecule has 1 saturated heterocycles. The number of Topliss-reactive ketones (excluding diaryl/α,β-unsaturated/α-hetero) is 1. The maximum absolute atomic E-state index is 12.8. The minimum atomic E-state index is -1.36. The van der Waals surface area contributed by atoms with Crippen molar-refractivity contribution in [2.45, 2.75) is 81.7 Å². The standard InChI is InChI=1S/C28H38N4OP2Si/c1-26(2)15-21(33)16-27(3,4)35(26)23-9-8-20(19-36(5,6)7)14-22(23)28(34,24-17-29-10-12-31-24)25-18-30-11-13-32-25/h8-14,17-18H,15-16,19,34H2,1-7H3. The summed E-state index contributed by atoms with van der Waals surface area (Å²) < 4.78 is 0. The van der Waals surface area contributed by atoms with Gasteiger partial charge in [0.15, 0.2) is 0 Å². The normalized spacial score (nSPS) is 18.3. The lowest BCUT2D eigenvalue weighted by Gasteiger charge is -2.50. The number of ketones is 1. The van der Waals surface area contributed by atoms with Gasteiger partial charge in [0, 0.05) is 45.7 Å². The number of nitrogens with zero attached hydrogens (tertiary/aromatic N) is 4. The van der Waals surface area contributed by atoms with Crippen LogP contribution in [-0.2, 0) is 16.0 Å². The van der Waals surface area contributed by atoms with Gasteiger partial charge in [-0.15, -0.1) is 9.24 Å². The molecule has 0 saturated carbocycles. The predicted molar refractivity (Wildman–Crippen MR) is 156 cm³/mol. The molecule has 5 nitrogen and oxygen atoms in total. The van der Waals surface area contributed by atoms with Crippen molar-refractivity contribution in [2.24, 2.45) is 0 Å². The minimum absolute atomic E-state index is 0.125. The van der Waals surface area contributed by atoms with Gasteiger partial charge < -0.3 is 0 Å². The molecule has 0 aliphatic carbocycles. The molecular weight excluding hydrogens is 498 g/mol. The van der Waals surface area contributed by atoms with Gasteiger partial charge in [0.1, 0.15) is 5.78 Å². The van der Waals surface area contributed by atoms with Crippen molar-refractivity contribution in [2.75, 3.05) is 0 Å².